The van der Waals surface area contributed by atoms with Gasteiger partial charge >= 0.3 is 0 Å². The minimum atomic E-state index is 0.607. The van der Waals surface area contributed by atoms with Gasteiger partial charge in [-0.1, -0.05) is 11.6 Å². The van der Waals surface area contributed by atoms with E-state index in [0.29, 0.717) is 28.2 Å². The van der Waals surface area contributed by atoms with Gasteiger partial charge in [-0.2, -0.15) is 0 Å². The summed E-state index contributed by atoms with van der Waals surface area (Å²) in [5.74, 6) is 3.41. The van der Waals surface area contributed by atoms with Crippen molar-refractivity contribution in [3.05, 3.63) is 59.4 Å². The highest BCUT2D eigenvalue weighted by Crippen LogP contribution is 2.30. The number of nitrogens with one attached hydrogen (secondary N) is 2. The van der Waals surface area contributed by atoms with E-state index in [1.54, 1.807) is 32.4 Å². The highest BCUT2D eigenvalue weighted by Gasteiger charge is 2.08. The first kappa shape index (κ1) is 17.8. The van der Waals surface area contributed by atoms with Crippen LogP contribution in [-0.2, 0) is 0 Å². The van der Waals surface area contributed by atoms with Crippen LogP contribution in [-0.4, -0.2) is 24.2 Å². The summed E-state index contributed by atoms with van der Waals surface area (Å²) in [6, 6.07) is 14.8. The molecule has 2 N–H and O–H groups in total. The number of hydrogen-bond acceptors (Lipinski definition) is 6. The molecule has 0 aliphatic rings. The maximum Gasteiger partial charge on any atom is 0.142 e. The van der Waals surface area contributed by atoms with Crippen molar-refractivity contribution in [2.45, 2.75) is 6.92 Å². The van der Waals surface area contributed by atoms with Crippen LogP contribution in [0, 0.1) is 6.92 Å². The average molecular weight is 371 g/mol. The number of benzene rings is 2. The SMILES string of the molecule is COc1ccc(Nc2cc(Nc3cc(Cl)ccc3OC)nc(C)n2)cc1. The van der Waals surface area contributed by atoms with Crippen LogP contribution in [0.1, 0.15) is 5.82 Å². The number of hydrogen-bond donors (Lipinski definition) is 2. The standard InChI is InChI=1S/C19H19ClN4O2/c1-12-21-18(23-14-5-7-15(25-2)8-6-14)11-19(22-12)24-16-10-13(20)4-9-17(16)26-3/h4-11H,1-3H3,(H2,21,22,23,24). The van der Waals surface area contributed by atoms with E-state index in [4.69, 9.17) is 21.1 Å². The zero-order chi connectivity index (χ0) is 18.5. The van der Waals surface area contributed by atoms with E-state index in [9.17, 15) is 0 Å². The number of rotatable bonds is 6. The molecule has 6 nitrogen and oxygen atoms in total. The van der Waals surface area contributed by atoms with Crippen molar-refractivity contribution in [1.29, 1.82) is 0 Å². The number of aromatic nitrogens is 2. The van der Waals surface area contributed by atoms with Crippen LogP contribution in [0.25, 0.3) is 0 Å². The van der Waals surface area contributed by atoms with Crippen LogP contribution in [0.5, 0.6) is 11.5 Å². The van der Waals surface area contributed by atoms with Crippen molar-refractivity contribution in [2.75, 3.05) is 24.9 Å². The molecular weight excluding hydrogens is 352 g/mol. The Kier molecular flexibility index (Phi) is 5.43. The summed E-state index contributed by atoms with van der Waals surface area (Å²) in [7, 11) is 3.24. The molecule has 134 valence electrons. The molecule has 0 amide bonds. The van der Waals surface area contributed by atoms with Crippen molar-refractivity contribution in [3.8, 4) is 11.5 Å². The molecule has 0 saturated carbocycles. The number of ether oxygens (including phenoxy) is 2. The van der Waals surface area contributed by atoms with E-state index in [1.165, 1.54) is 0 Å². The van der Waals surface area contributed by atoms with Gasteiger partial charge in [0.25, 0.3) is 0 Å². The molecule has 0 saturated heterocycles. The maximum absolute atomic E-state index is 6.08. The van der Waals surface area contributed by atoms with Crippen molar-refractivity contribution in [2.24, 2.45) is 0 Å². The second-order valence-corrected chi connectivity index (χ2v) is 5.95. The molecule has 1 heterocycles. The van der Waals surface area contributed by atoms with E-state index < -0.39 is 0 Å². The third-order valence-corrected chi connectivity index (χ3v) is 3.86. The molecule has 3 aromatic rings. The van der Waals surface area contributed by atoms with Crippen molar-refractivity contribution in [3.63, 3.8) is 0 Å². The summed E-state index contributed by atoms with van der Waals surface area (Å²) in [6.07, 6.45) is 0. The number of methoxy groups -OCH3 is 2. The summed E-state index contributed by atoms with van der Waals surface area (Å²) in [5, 5.41) is 7.09. The van der Waals surface area contributed by atoms with Gasteiger partial charge in [-0.05, 0) is 49.4 Å². The van der Waals surface area contributed by atoms with Crippen LogP contribution < -0.4 is 20.1 Å². The van der Waals surface area contributed by atoms with Crippen LogP contribution in [0.15, 0.2) is 48.5 Å². The molecule has 7 heteroatoms. The fourth-order valence-corrected chi connectivity index (χ4v) is 2.61. The molecule has 26 heavy (non-hydrogen) atoms. The number of nitrogens with zero attached hydrogens (tertiary/aromatic N) is 2. The van der Waals surface area contributed by atoms with E-state index in [1.807, 2.05) is 37.3 Å². The normalized spacial score (nSPS) is 10.3. The van der Waals surface area contributed by atoms with Crippen molar-refractivity contribution < 1.29 is 9.47 Å². The van der Waals surface area contributed by atoms with Crippen LogP contribution >= 0.6 is 11.6 Å². The molecule has 0 unspecified atom stereocenters. The van der Waals surface area contributed by atoms with Crippen molar-refractivity contribution >= 4 is 34.6 Å². The lowest BCUT2D eigenvalue weighted by Gasteiger charge is -2.13. The molecule has 0 spiro atoms. The van der Waals surface area contributed by atoms with Gasteiger partial charge in [0, 0.05) is 16.8 Å². The van der Waals surface area contributed by atoms with Crippen molar-refractivity contribution in [1.82, 2.24) is 9.97 Å². The quantitative estimate of drug-likeness (QED) is 0.640. The second kappa shape index (κ2) is 7.93. The number of aryl methyl sites for hydroxylation is 1. The van der Waals surface area contributed by atoms with Crippen LogP contribution in [0.3, 0.4) is 0 Å². The fourth-order valence-electron chi connectivity index (χ4n) is 2.43. The Labute approximate surface area is 157 Å². The predicted molar refractivity (Wildman–Crippen MR) is 104 cm³/mol. The van der Waals surface area contributed by atoms with Gasteiger partial charge in [-0.15, -0.1) is 0 Å². The second-order valence-electron chi connectivity index (χ2n) is 5.51. The average Bonchev–Trinajstić information content (AvgIpc) is 2.62. The lowest BCUT2D eigenvalue weighted by atomic mass is 10.3. The third-order valence-electron chi connectivity index (χ3n) is 3.62. The van der Waals surface area contributed by atoms with Gasteiger partial charge in [0.05, 0.1) is 19.9 Å². The molecule has 0 atom stereocenters. The van der Waals surface area contributed by atoms with Crippen LogP contribution in [0.4, 0.5) is 23.0 Å². The molecule has 3 rings (SSSR count). The minimum absolute atomic E-state index is 0.607. The van der Waals surface area contributed by atoms with Gasteiger partial charge in [-0.25, -0.2) is 9.97 Å². The highest BCUT2D eigenvalue weighted by atomic mass is 35.5. The summed E-state index contributed by atoms with van der Waals surface area (Å²) < 4.78 is 10.5. The van der Waals surface area contributed by atoms with E-state index in [2.05, 4.69) is 20.6 Å². The first-order chi connectivity index (χ1) is 12.6. The minimum Gasteiger partial charge on any atom is -0.497 e. The van der Waals surface area contributed by atoms with E-state index in [0.717, 1.165) is 17.1 Å². The Balaban J connectivity index is 1.84. The van der Waals surface area contributed by atoms with Gasteiger partial charge < -0.3 is 20.1 Å². The number of halogens is 1. The molecular formula is C19H19ClN4O2. The third kappa shape index (κ3) is 4.34. The smallest absolute Gasteiger partial charge is 0.142 e. The monoisotopic (exact) mass is 370 g/mol. The van der Waals surface area contributed by atoms with Gasteiger partial charge in [-0.3, -0.25) is 0 Å². The molecule has 0 radical (unpaired) electrons. The van der Waals surface area contributed by atoms with Gasteiger partial charge in [0.2, 0.25) is 0 Å². The summed E-state index contributed by atoms with van der Waals surface area (Å²) in [6.45, 7) is 1.83. The molecule has 0 bridgehead atoms. The fraction of sp³-hybridized carbons (Fsp3) is 0.158. The Bertz CT molecular complexity index is 901. The Morgan fingerprint density at radius 2 is 1.54 bits per heavy atom. The predicted octanol–water partition coefficient (Wildman–Crippen LogP) is 4.94. The Hall–Kier alpha value is -2.99. The van der Waals surface area contributed by atoms with Crippen LogP contribution in [0.2, 0.25) is 5.02 Å². The molecule has 2 aromatic carbocycles. The highest BCUT2D eigenvalue weighted by molar-refractivity contribution is 6.31. The van der Waals surface area contributed by atoms with E-state index >= 15 is 0 Å². The zero-order valence-corrected chi connectivity index (χ0v) is 15.5. The Morgan fingerprint density at radius 3 is 2.19 bits per heavy atom. The largest absolute Gasteiger partial charge is 0.497 e. The maximum atomic E-state index is 6.08. The lowest BCUT2D eigenvalue weighted by molar-refractivity contribution is 0.415. The molecule has 0 fully saturated rings. The van der Waals surface area contributed by atoms with Gasteiger partial charge in [0.1, 0.15) is 29.0 Å². The summed E-state index contributed by atoms with van der Waals surface area (Å²) >= 11 is 6.08. The first-order valence-corrected chi connectivity index (χ1v) is 8.32. The Morgan fingerprint density at radius 1 is 0.846 bits per heavy atom. The van der Waals surface area contributed by atoms with E-state index in [-0.39, 0.29) is 0 Å². The molecule has 0 aliphatic heterocycles. The summed E-state index contributed by atoms with van der Waals surface area (Å²) in [4.78, 5) is 8.85. The lowest BCUT2D eigenvalue weighted by Crippen LogP contribution is -2.02. The summed E-state index contributed by atoms with van der Waals surface area (Å²) in [5.41, 5.74) is 1.63. The first-order valence-electron chi connectivity index (χ1n) is 7.94. The van der Waals surface area contributed by atoms with Gasteiger partial charge in [0.15, 0.2) is 0 Å². The molecule has 1 aromatic heterocycles. The zero-order valence-electron chi connectivity index (χ0n) is 14.7. The molecule has 0 aliphatic carbocycles. The number of anilines is 4. The topological polar surface area (TPSA) is 68.3 Å².